The van der Waals surface area contributed by atoms with Gasteiger partial charge in [0.25, 0.3) is 0 Å². The molecule has 0 heterocycles. The quantitative estimate of drug-likeness (QED) is 0.432. The number of methoxy groups -OCH3 is 2. The average Bonchev–Trinajstić information content (AvgIpc) is 1.97. The van der Waals surface area contributed by atoms with Crippen molar-refractivity contribution in [1.82, 2.24) is 0 Å². The molecule has 0 aromatic heterocycles. The lowest BCUT2D eigenvalue weighted by atomic mass is 11.4. The highest BCUT2D eigenvalue weighted by molar-refractivity contribution is 7.33. The number of rotatable bonds is 6. The summed E-state index contributed by atoms with van der Waals surface area (Å²) in [5.41, 5.74) is 0. The highest BCUT2D eigenvalue weighted by Gasteiger charge is 1.96. The van der Waals surface area contributed by atoms with Gasteiger partial charge in [0.05, 0.1) is 0 Å². The van der Waals surface area contributed by atoms with Crippen LogP contribution in [-0.4, -0.2) is 27.8 Å². The maximum Gasteiger partial charge on any atom is 0.323 e. The van der Waals surface area contributed by atoms with Gasteiger partial charge in [-0.25, -0.2) is 0 Å². The Hall–Kier alpha value is 0.0700. The summed E-state index contributed by atoms with van der Waals surface area (Å²) in [5.74, 6) is 0. The van der Waals surface area contributed by atoms with E-state index in [4.69, 9.17) is 0 Å². The molecule has 0 amide bonds. The van der Waals surface area contributed by atoms with Crippen molar-refractivity contribution in [1.29, 1.82) is 0 Å². The van der Waals surface area contributed by atoms with Crippen LogP contribution in [0.2, 0.25) is 0 Å². The van der Waals surface area contributed by atoms with Crippen molar-refractivity contribution in [2.24, 2.45) is 0 Å². The van der Waals surface area contributed by atoms with Gasteiger partial charge < -0.3 is 9.47 Å². The summed E-state index contributed by atoms with van der Waals surface area (Å²) < 4.78 is 28.5. The minimum atomic E-state index is -2.41. The molecule has 0 atom stereocenters. The maximum atomic E-state index is 10.5. The lowest BCUT2D eigenvalue weighted by Crippen LogP contribution is -1.93. The molecule has 6 heteroatoms. The fourth-order valence-electron chi connectivity index (χ4n) is 0.256. The monoisotopic (exact) mass is 170 g/mol. The summed E-state index contributed by atoms with van der Waals surface area (Å²) in [5, 5.41) is 0. The molecule has 0 unspecified atom stereocenters. The molecule has 0 aliphatic rings. The van der Waals surface area contributed by atoms with E-state index in [2.05, 4.69) is 18.5 Å². The number of hydrogen-bond donors (Lipinski definition) is 0. The highest BCUT2D eigenvalue weighted by Crippen LogP contribution is 2.22. The molecule has 0 radical (unpaired) electrons. The third kappa shape index (κ3) is 6.19. The molecule has 0 aliphatic carbocycles. The van der Waals surface area contributed by atoms with Gasteiger partial charge in [-0.3, -0.25) is 13.6 Å². The molecule has 5 nitrogen and oxygen atoms in total. The molecular weight excluding hydrogens is 159 g/mol. The minimum Gasteiger partial charge on any atom is -0.358 e. The molecular formula is C4H11O5P. The van der Waals surface area contributed by atoms with Gasteiger partial charge in [0, 0.05) is 14.2 Å². The van der Waals surface area contributed by atoms with Gasteiger partial charge >= 0.3 is 8.25 Å². The van der Waals surface area contributed by atoms with Crippen LogP contribution in [0.5, 0.6) is 0 Å². The summed E-state index contributed by atoms with van der Waals surface area (Å²) in [6.45, 7) is -0.0526. The molecule has 0 N–H and O–H groups in total. The molecule has 10 heavy (non-hydrogen) atoms. The van der Waals surface area contributed by atoms with Crippen LogP contribution in [0.1, 0.15) is 0 Å². The summed E-state index contributed by atoms with van der Waals surface area (Å²) >= 11 is 0. The predicted octanol–water partition coefficient (Wildman–Crippen LogP) is 0.617. The van der Waals surface area contributed by atoms with E-state index in [0.29, 0.717) is 0 Å². The van der Waals surface area contributed by atoms with Gasteiger partial charge in [-0.05, 0) is 0 Å². The zero-order chi connectivity index (χ0) is 7.82. The number of hydrogen-bond acceptors (Lipinski definition) is 5. The first-order valence-corrected chi connectivity index (χ1v) is 3.81. The van der Waals surface area contributed by atoms with Crippen LogP contribution in [0.25, 0.3) is 0 Å². The van der Waals surface area contributed by atoms with Crippen molar-refractivity contribution in [2.45, 2.75) is 0 Å². The van der Waals surface area contributed by atoms with E-state index in [1.54, 1.807) is 0 Å². The van der Waals surface area contributed by atoms with Crippen molar-refractivity contribution >= 4 is 8.25 Å². The van der Waals surface area contributed by atoms with Crippen LogP contribution in [0.15, 0.2) is 0 Å². The van der Waals surface area contributed by atoms with E-state index in [-0.39, 0.29) is 13.6 Å². The molecule has 0 saturated carbocycles. The van der Waals surface area contributed by atoms with Crippen LogP contribution in [0.3, 0.4) is 0 Å². The first-order chi connectivity index (χ1) is 4.81. The standard InChI is InChI=1S/C4H11O5P/c1-6-3-8-10(5)9-4-7-2/h10H,3-4H2,1-2H3. The average molecular weight is 170 g/mol. The molecule has 0 aromatic rings. The summed E-state index contributed by atoms with van der Waals surface area (Å²) in [7, 11) is 0.457. The molecule has 0 rings (SSSR count). The molecule has 0 aromatic carbocycles. The summed E-state index contributed by atoms with van der Waals surface area (Å²) in [6.07, 6.45) is 0. The van der Waals surface area contributed by atoms with E-state index >= 15 is 0 Å². The Morgan fingerprint density at radius 1 is 1.10 bits per heavy atom. The van der Waals surface area contributed by atoms with Gasteiger partial charge in [-0.2, -0.15) is 0 Å². The second kappa shape index (κ2) is 7.18. The van der Waals surface area contributed by atoms with Crippen LogP contribution < -0.4 is 0 Å². The normalized spacial score (nSPS) is 10.7. The molecule has 62 valence electrons. The van der Waals surface area contributed by atoms with Crippen molar-refractivity contribution in [2.75, 3.05) is 27.8 Å². The Morgan fingerprint density at radius 3 is 1.80 bits per heavy atom. The van der Waals surface area contributed by atoms with Gasteiger partial charge in [0.2, 0.25) is 0 Å². The van der Waals surface area contributed by atoms with Gasteiger partial charge in [0.1, 0.15) is 0 Å². The topological polar surface area (TPSA) is 54.0 Å². The SMILES string of the molecule is COCO[PH](=O)OCOC. The first-order valence-electron chi connectivity index (χ1n) is 2.58. The Morgan fingerprint density at radius 2 is 1.50 bits per heavy atom. The fourth-order valence-corrected chi connectivity index (χ4v) is 0.767. The fraction of sp³-hybridized carbons (Fsp3) is 1.00. The van der Waals surface area contributed by atoms with E-state index in [0.717, 1.165) is 0 Å². The molecule has 0 saturated heterocycles. The van der Waals surface area contributed by atoms with Crippen LogP contribution in [-0.2, 0) is 23.1 Å². The maximum absolute atomic E-state index is 10.5. The van der Waals surface area contributed by atoms with Crippen LogP contribution >= 0.6 is 8.25 Å². The van der Waals surface area contributed by atoms with E-state index < -0.39 is 8.25 Å². The van der Waals surface area contributed by atoms with Crippen molar-refractivity contribution in [3.05, 3.63) is 0 Å². The zero-order valence-corrected chi connectivity index (χ0v) is 6.96. The molecule has 0 bridgehead atoms. The van der Waals surface area contributed by atoms with Gasteiger partial charge in [0.15, 0.2) is 13.6 Å². The summed E-state index contributed by atoms with van der Waals surface area (Å²) in [4.78, 5) is 0. The zero-order valence-electron chi connectivity index (χ0n) is 5.96. The molecule has 0 aliphatic heterocycles. The third-order valence-corrected chi connectivity index (χ3v) is 1.30. The van der Waals surface area contributed by atoms with Crippen LogP contribution in [0.4, 0.5) is 0 Å². The van der Waals surface area contributed by atoms with Crippen molar-refractivity contribution < 1.29 is 23.1 Å². The number of ether oxygens (including phenoxy) is 2. The highest BCUT2D eigenvalue weighted by atomic mass is 31.1. The first kappa shape index (κ1) is 10.1. The predicted molar refractivity (Wildman–Crippen MR) is 34.9 cm³/mol. The van der Waals surface area contributed by atoms with Crippen LogP contribution in [0, 0.1) is 0 Å². The third-order valence-electron chi connectivity index (χ3n) is 0.589. The summed E-state index contributed by atoms with van der Waals surface area (Å²) in [6, 6.07) is 0. The smallest absolute Gasteiger partial charge is 0.323 e. The van der Waals surface area contributed by atoms with Crippen molar-refractivity contribution in [3.63, 3.8) is 0 Å². The van der Waals surface area contributed by atoms with Gasteiger partial charge in [-0.15, -0.1) is 0 Å². The lowest BCUT2D eigenvalue weighted by molar-refractivity contribution is 0.0119. The van der Waals surface area contributed by atoms with Crippen molar-refractivity contribution in [3.8, 4) is 0 Å². The lowest BCUT2D eigenvalue weighted by Gasteiger charge is -2.02. The Labute approximate surface area is 60.2 Å². The Bertz CT molecular complexity index is 85.6. The molecule has 0 fully saturated rings. The van der Waals surface area contributed by atoms with Gasteiger partial charge in [-0.1, -0.05) is 0 Å². The van der Waals surface area contributed by atoms with E-state index in [1.807, 2.05) is 0 Å². The largest absolute Gasteiger partial charge is 0.358 e. The second-order valence-corrected chi connectivity index (χ2v) is 2.43. The minimum absolute atomic E-state index is 0.0263. The second-order valence-electron chi connectivity index (χ2n) is 1.35. The Balaban J connectivity index is 3.09. The Kier molecular flexibility index (Phi) is 7.23. The van der Waals surface area contributed by atoms with E-state index in [1.165, 1.54) is 14.2 Å². The molecule has 0 spiro atoms. The van der Waals surface area contributed by atoms with E-state index in [9.17, 15) is 4.57 Å².